The molecule has 1 aromatic heterocycles. The molecular weight excluding hydrogens is 566 g/mol. The molecule has 3 N–H and O–H groups in total. The van der Waals surface area contributed by atoms with Crippen molar-refractivity contribution in [3.8, 4) is 5.75 Å². The molecule has 0 unspecified atom stereocenters. The van der Waals surface area contributed by atoms with E-state index in [0.29, 0.717) is 24.8 Å². The number of primary amides is 1. The lowest BCUT2D eigenvalue weighted by molar-refractivity contribution is -0.138. The maximum atomic E-state index is 13.1. The largest absolute Gasteiger partial charge is 0.482 e. The average molecular weight is 604 g/mol. The molecule has 2 saturated heterocycles. The molecule has 4 heterocycles. The van der Waals surface area contributed by atoms with Crippen LogP contribution in [0.4, 0.5) is 0 Å². The smallest absolute Gasteiger partial charge is 0.306 e. The van der Waals surface area contributed by atoms with E-state index >= 15 is 0 Å². The first-order valence-corrected chi connectivity index (χ1v) is 15.1. The number of hydrogen-bond donors (Lipinski definition) is 2. The molecule has 0 spiro atoms. The number of benzene rings is 1. The first-order valence-electron chi connectivity index (χ1n) is 15.1. The molecular formula is C32H37N5O7. The number of rotatable bonds is 10. The molecule has 3 amide bonds. The van der Waals surface area contributed by atoms with Gasteiger partial charge in [-0.25, -0.2) is 4.98 Å². The van der Waals surface area contributed by atoms with Crippen molar-refractivity contribution in [1.82, 2.24) is 20.1 Å². The zero-order valence-corrected chi connectivity index (χ0v) is 24.6. The molecule has 4 atom stereocenters. The van der Waals surface area contributed by atoms with Gasteiger partial charge in [0.15, 0.2) is 6.73 Å². The van der Waals surface area contributed by atoms with Crippen LogP contribution in [0.1, 0.15) is 72.7 Å². The zero-order chi connectivity index (χ0) is 30.8. The van der Waals surface area contributed by atoms with E-state index in [0.717, 1.165) is 18.4 Å². The van der Waals surface area contributed by atoms with Gasteiger partial charge in [0.1, 0.15) is 36.1 Å². The minimum atomic E-state index is -0.581. The van der Waals surface area contributed by atoms with Gasteiger partial charge in [-0.15, -0.1) is 0 Å². The summed E-state index contributed by atoms with van der Waals surface area (Å²) in [5.74, 6) is -0.775. The number of piperidine rings is 1. The summed E-state index contributed by atoms with van der Waals surface area (Å²) in [6, 6.07) is 11.1. The number of aromatic nitrogens is 1. The van der Waals surface area contributed by atoms with Crippen molar-refractivity contribution in [2.75, 3.05) is 26.4 Å². The molecule has 0 radical (unpaired) electrons. The van der Waals surface area contributed by atoms with Gasteiger partial charge in [0.2, 0.25) is 5.91 Å². The van der Waals surface area contributed by atoms with E-state index in [1.165, 1.54) is 30.9 Å². The van der Waals surface area contributed by atoms with Gasteiger partial charge in [0.25, 0.3) is 11.8 Å². The van der Waals surface area contributed by atoms with Gasteiger partial charge in [0, 0.05) is 19.1 Å². The van der Waals surface area contributed by atoms with E-state index < -0.39 is 17.9 Å². The van der Waals surface area contributed by atoms with E-state index in [1.54, 1.807) is 21.9 Å². The summed E-state index contributed by atoms with van der Waals surface area (Å²) in [5, 5.41) is 2.99. The highest BCUT2D eigenvalue weighted by atomic mass is 16.5. The van der Waals surface area contributed by atoms with Crippen LogP contribution in [0, 0.1) is 5.92 Å². The lowest BCUT2D eigenvalue weighted by Crippen LogP contribution is -2.51. The Hall–Kier alpha value is -4.61. The zero-order valence-electron chi connectivity index (χ0n) is 24.6. The lowest BCUT2D eigenvalue weighted by atomic mass is 9.99. The molecule has 1 saturated carbocycles. The molecule has 4 aliphatic rings. The van der Waals surface area contributed by atoms with Gasteiger partial charge in [-0.3, -0.25) is 19.2 Å². The highest BCUT2D eigenvalue weighted by molar-refractivity contribution is 5.93. The van der Waals surface area contributed by atoms with Crippen LogP contribution in [0.3, 0.4) is 0 Å². The predicted molar refractivity (Wildman–Crippen MR) is 157 cm³/mol. The van der Waals surface area contributed by atoms with E-state index in [9.17, 15) is 19.2 Å². The quantitative estimate of drug-likeness (QED) is 0.390. The second kappa shape index (κ2) is 12.6. The standard InChI is InChI=1S/C32H37N5O7/c1-19(37-18-42-17-27(37)30(33)39)29(22-8-6-21(7-9-22)20-4-5-20)44-25-10-11-26(34-14-25)31(40)35-24-3-2-12-36(15-24)32(41)23-13-28(38)43-16-23/h6-11,14,17,19-20,23-24,29H,2-5,12-13,15-16,18H2,1H3,(H2,33,39)(H,35,40)/t19-,23+,24-,29-/m0/s1. The van der Waals surface area contributed by atoms with Crippen molar-refractivity contribution in [3.63, 3.8) is 0 Å². The van der Waals surface area contributed by atoms with Crippen LogP contribution in [0.25, 0.3) is 0 Å². The fourth-order valence-corrected chi connectivity index (χ4v) is 6.07. The average Bonchev–Trinajstić information content (AvgIpc) is 3.59. The van der Waals surface area contributed by atoms with Crippen molar-refractivity contribution in [2.45, 2.75) is 63.1 Å². The first-order chi connectivity index (χ1) is 21.3. The van der Waals surface area contributed by atoms with Crippen molar-refractivity contribution in [1.29, 1.82) is 0 Å². The number of carbonyl (C=O) groups is 4. The van der Waals surface area contributed by atoms with Gasteiger partial charge < -0.3 is 35.1 Å². The van der Waals surface area contributed by atoms with Crippen LogP contribution in [-0.2, 0) is 23.9 Å². The Kier molecular flexibility index (Phi) is 8.40. The summed E-state index contributed by atoms with van der Waals surface area (Å²) < 4.78 is 16.8. The number of pyridine rings is 1. The van der Waals surface area contributed by atoms with E-state index in [-0.39, 0.29) is 61.0 Å². The summed E-state index contributed by atoms with van der Waals surface area (Å²) >= 11 is 0. The lowest BCUT2D eigenvalue weighted by Gasteiger charge is -2.34. The van der Waals surface area contributed by atoms with Gasteiger partial charge in [0.05, 0.1) is 24.6 Å². The van der Waals surface area contributed by atoms with Crippen molar-refractivity contribution in [2.24, 2.45) is 11.7 Å². The SMILES string of the molecule is C[C@@H]([C@H](Oc1ccc(C(=O)N[C@H]2CCCN(C(=O)[C@H]3COC(=O)C3)C2)nc1)c1ccc(C2CC2)cc1)N1COC=C1C(N)=O. The number of nitrogens with zero attached hydrogens (tertiary/aromatic N) is 3. The Balaban J connectivity index is 1.11. The summed E-state index contributed by atoms with van der Waals surface area (Å²) in [7, 11) is 0. The van der Waals surface area contributed by atoms with Gasteiger partial charge in [-0.1, -0.05) is 24.3 Å². The molecule has 0 bridgehead atoms. The van der Waals surface area contributed by atoms with Crippen LogP contribution < -0.4 is 15.8 Å². The number of esters is 1. The summed E-state index contributed by atoms with van der Waals surface area (Å²) in [6.07, 6.45) is 6.36. The highest BCUT2D eigenvalue weighted by Gasteiger charge is 2.36. The third-order valence-electron chi connectivity index (χ3n) is 8.72. The topological polar surface area (TPSA) is 153 Å². The second-order valence-electron chi connectivity index (χ2n) is 11.9. The van der Waals surface area contributed by atoms with Crippen LogP contribution >= 0.6 is 0 Å². The van der Waals surface area contributed by atoms with Crippen LogP contribution in [0.2, 0.25) is 0 Å². The Labute approximate surface area is 255 Å². The van der Waals surface area contributed by atoms with E-state index in [1.807, 2.05) is 19.1 Å². The molecule has 2 aromatic rings. The number of cyclic esters (lactones) is 1. The van der Waals surface area contributed by atoms with Crippen molar-refractivity contribution < 1.29 is 33.4 Å². The maximum absolute atomic E-state index is 13.1. The second-order valence-corrected chi connectivity index (χ2v) is 11.9. The Bertz CT molecular complexity index is 1440. The fourth-order valence-electron chi connectivity index (χ4n) is 6.07. The first kappa shape index (κ1) is 29.5. The monoisotopic (exact) mass is 603 g/mol. The molecule has 232 valence electrons. The number of ether oxygens (including phenoxy) is 3. The summed E-state index contributed by atoms with van der Waals surface area (Å²) in [5.41, 5.74) is 8.31. The van der Waals surface area contributed by atoms with E-state index in [4.69, 9.17) is 19.9 Å². The van der Waals surface area contributed by atoms with Crippen LogP contribution in [0.15, 0.2) is 54.6 Å². The minimum Gasteiger partial charge on any atom is -0.482 e. The molecule has 1 aliphatic carbocycles. The number of nitrogens with two attached hydrogens (primary N) is 1. The van der Waals surface area contributed by atoms with E-state index in [2.05, 4.69) is 22.4 Å². The van der Waals surface area contributed by atoms with Gasteiger partial charge in [-0.2, -0.15) is 0 Å². The van der Waals surface area contributed by atoms with Crippen molar-refractivity contribution in [3.05, 3.63) is 71.4 Å². The van der Waals surface area contributed by atoms with Crippen molar-refractivity contribution >= 4 is 23.7 Å². The molecule has 6 rings (SSSR count). The molecule has 3 aliphatic heterocycles. The minimum absolute atomic E-state index is 0.102. The third kappa shape index (κ3) is 6.48. The number of amides is 3. The molecule has 1 aromatic carbocycles. The Morgan fingerprint density at radius 3 is 2.57 bits per heavy atom. The number of carbonyl (C=O) groups excluding carboxylic acids is 4. The number of nitrogens with one attached hydrogen (secondary N) is 1. The van der Waals surface area contributed by atoms with Crippen LogP contribution in [0.5, 0.6) is 5.75 Å². The normalized spacial score (nSPS) is 22.8. The summed E-state index contributed by atoms with van der Waals surface area (Å²) in [6.45, 7) is 3.19. The van der Waals surface area contributed by atoms with Crippen LogP contribution in [-0.4, -0.2) is 77.0 Å². The fraction of sp³-hybridized carbons (Fsp3) is 0.469. The molecule has 44 heavy (non-hydrogen) atoms. The predicted octanol–water partition coefficient (Wildman–Crippen LogP) is 2.37. The Morgan fingerprint density at radius 1 is 1.11 bits per heavy atom. The molecule has 3 fully saturated rings. The number of hydrogen-bond acceptors (Lipinski definition) is 9. The Morgan fingerprint density at radius 2 is 1.91 bits per heavy atom. The third-order valence-corrected chi connectivity index (χ3v) is 8.72. The molecule has 12 nitrogen and oxygen atoms in total. The van der Waals surface area contributed by atoms with Gasteiger partial charge >= 0.3 is 5.97 Å². The highest BCUT2D eigenvalue weighted by Crippen LogP contribution is 2.40. The van der Waals surface area contributed by atoms with Gasteiger partial charge in [-0.05, 0) is 61.8 Å². The molecule has 12 heteroatoms. The summed E-state index contributed by atoms with van der Waals surface area (Å²) in [4.78, 5) is 57.2. The number of likely N-dealkylation sites (tertiary alicyclic amines) is 1. The maximum Gasteiger partial charge on any atom is 0.306 e.